The van der Waals surface area contributed by atoms with Crippen molar-refractivity contribution in [1.82, 2.24) is 0 Å². The minimum atomic E-state index is -0.00397. The number of rotatable bonds is 5. The van der Waals surface area contributed by atoms with Gasteiger partial charge < -0.3 is 10.5 Å². The Hall–Kier alpha value is -0.540. The average Bonchev–Trinajstić information content (AvgIpc) is 2.22. The lowest BCUT2D eigenvalue weighted by Crippen LogP contribution is -2.11. The second kappa shape index (κ2) is 6.58. The minimum Gasteiger partial charge on any atom is -0.493 e. The maximum absolute atomic E-state index is 5.94. The van der Waals surface area contributed by atoms with E-state index in [1.807, 2.05) is 25.1 Å². The van der Waals surface area contributed by atoms with Crippen LogP contribution in [0.15, 0.2) is 22.7 Å². The zero-order chi connectivity index (χ0) is 13.8. The summed E-state index contributed by atoms with van der Waals surface area (Å²) in [5.41, 5.74) is 7.37. The predicted octanol–water partition coefficient (Wildman–Crippen LogP) is 4.67. The molecule has 3 heteroatoms. The van der Waals surface area contributed by atoms with Crippen LogP contribution in [0.25, 0.3) is 0 Å². The van der Waals surface area contributed by atoms with Crippen LogP contribution in [0.5, 0.6) is 5.75 Å². The van der Waals surface area contributed by atoms with Gasteiger partial charge in [-0.25, -0.2) is 0 Å². The molecule has 0 aromatic heterocycles. The van der Waals surface area contributed by atoms with Crippen LogP contribution < -0.4 is 10.5 Å². The molecule has 0 saturated heterocycles. The van der Waals surface area contributed by atoms with E-state index in [9.17, 15) is 0 Å². The Kier molecular flexibility index (Phi) is 5.67. The number of halogens is 1. The summed E-state index contributed by atoms with van der Waals surface area (Å²) >= 11 is 3.47. The molecule has 1 aromatic carbocycles. The van der Waals surface area contributed by atoms with Crippen molar-refractivity contribution in [1.29, 1.82) is 0 Å². The minimum absolute atomic E-state index is 0.00397. The third kappa shape index (κ3) is 5.40. The number of nitrogens with two attached hydrogens (primary N) is 1. The van der Waals surface area contributed by atoms with Crippen LogP contribution in [0, 0.1) is 5.41 Å². The van der Waals surface area contributed by atoms with Crippen molar-refractivity contribution in [3.8, 4) is 5.75 Å². The first kappa shape index (κ1) is 15.5. The third-order valence-electron chi connectivity index (χ3n) is 2.79. The number of hydrogen-bond acceptors (Lipinski definition) is 2. The van der Waals surface area contributed by atoms with Gasteiger partial charge in [-0.15, -0.1) is 0 Å². The van der Waals surface area contributed by atoms with E-state index in [2.05, 4.69) is 36.7 Å². The van der Waals surface area contributed by atoms with Crippen LogP contribution in [-0.2, 0) is 0 Å². The summed E-state index contributed by atoms with van der Waals surface area (Å²) in [6.45, 7) is 9.47. The van der Waals surface area contributed by atoms with Gasteiger partial charge in [0.2, 0.25) is 0 Å². The van der Waals surface area contributed by atoms with E-state index in [1.165, 1.54) is 0 Å². The van der Waals surface area contributed by atoms with Gasteiger partial charge in [-0.3, -0.25) is 0 Å². The van der Waals surface area contributed by atoms with E-state index in [0.717, 1.165) is 35.2 Å². The lowest BCUT2D eigenvalue weighted by molar-refractivity contribution is 0.266. The van der Waals surface area contributed by atoms with E-state index in [-0.39, 0.29) is 6.04 Å². The molecule has 0 radical (unpaired) electrons. The normalized spacial score (nSPS) is 13.4. The number of ether oxygens (including phenoxy) is 1. The van der Waals surface area contributed by atoms with Crippen LogP contribution in [0.4, 0.5) is 0 Å². The molecule has 0 spiro atoms. The average molecular weight is 314 g/mol. The molecule has 0 aliphatic carbocycles. The lowest BCUT2D eigenvalue weighted by atomic mass is 9.91. The Morgan fingerprint density at radius 1 is 1.33 bits per heavy atom. The van der Waals surface area contributed by atoms with Crippen molar-refractivity contribution in [2.45, 2.75) is 46.6 Å². The fraction of sp³-hybridized carbons (Fsp3) is 0.600. The molecule has 2 N–H and O–H groups in total. The molecule has 0 saturated carbocycles. The highest BCUT2D eigenvalue weighted by atomic mass is 79.9. The molecule has 18 heavy (non-hydrogen) atoms. The molecule has 102 valence electrons. The standard InChI is InChI=1S/C15H24BrNO/c1-11(17)13-7-6-12(16)10-14(13)18-9-5-8-15(2,3)4/h6-7,10-11H,5,8-9,17H2,1-4H3/t11-/m1/s1. The zero-order valence-electron chi connectivity index (χ0n) is 11.8. The van der Waals surface area contributed by atoms with Gasteiger partial charge in [0.05, 0.1) is 6.61 Å². The first-order valence-electron chi connectivity index (χ1n) is 6.47. The Morgan fingerprint density at radius 3 is 2.56 bits per heavy atom. The van der Waals surface area contributed by atoms with Gasteiger partial charge in [-0.05, 0) is 37.3 Å². The van der Waals surface area contributed by atoms with Crippen molar-refractivity contribution in [2.75, 3.05) is 6.61 Å². The summed E-state index contributed by atoms with van der Waals surface area (Å²) in [5.74, 6) is 0.897. The van der Waals surface area contributed by atoms with Crippen molar-refractivity contribution < 1.29 is 4.74 Å². The van der Waals surface area contributed by atoms with Crippen molar-refractivity contribution >= 4 is 15.9 Å². The topological polar surface area (TPSA) is 35.2 Å². The van der Waals surface area contributed by atoms with Gasteiger partial charge in [0.15, 0.2) is 0 Å². The Morgan fingerprint density at radius 2 is 2.00 bits per heavy atom. The first-order chi connectivity index (χ1) is 8.29. The van der Waals surface area contributed by atoms with Gasteiger partial charge >= 0.3 is 0 Å². The second-order valence-corrected chi connectivity index (χ2v) is 6.90. The van der Waals surface area contributed by atoms with Crippen LogP contribution >= 0.6 is 15.9 Å². The fourth-order valence-electron chi connectivity index (χ4n) is 1.79. The van der Waals surface area contributed by atoms with Gasteiger partial charge in [0.1, 0.15) is 5.75 Å². The molecular formula is C15H24BrNO. The van der Waals surface area contributed by atoms with Crippen LogP contribution in [0.1, 0.15) is 52.1 Å². The van der Waals surface area contributed by atoms with Gasteiger partial charge in [-0.1, -0.05) is 42.8 Å². The molecule has 0 heterocycles. The maximum Gasteiger partial charge on any atom is 0.125 e. The monoisotopic (exact) mass is 313 g/mol. The highest BCUT2D eigenvalue weighted by Gasteiger charge is 2.11. The molecule has 1 rings (SSSR count). The molecule has 0 amide bonds. The summed E-state index contributed by atoms with van der Waals surface area (Å²) in [5, 5.41) is 0. The molecule has 1 atom stereocenters. The van der Waals surface area contributed by atoms with Crippen LogP contribution in [-0.4, -0.2) is 6.61 Å². The molecular weight excluding hydrogens is 290 g/mol. The summed E-state index contributed by atoms with van der Waals surface area (Å²) in [6, 6.07) is 6.01. The zero-order valence-corrected chi connectivity index (χ0v) is 13.4. The largest absolute Gasteiger partial charge is 0.493 e. The number of benzene rings is 1. The molecule has 0 unspecified atom stereocenters. The summed E-state index contributed by atoms with van der Waals surface area (Å²) in [4.78, 5) is 0. The van der Waals surface area contributed by atoms with Gasteiger partial charge in [0, 0.05) is 16.1 Å². The van der Waals surface area contributed by atoms with E-state index in [4.69, 9.17) is 10.5 Å². The highest BCUT2D eigenvalue weighted by Crippen LogP contribution is 2.28. The molecule has 2 nitrogen and oxygen atoms in total. The van der Waals surface area contributed by atoms with E-state index < -0.39 is 0 Å². The fourth-order valence-corrected chi connectivity index (χ4v) is 2.13. The SMILES string of the molecule is C[C@@H](N)c1ccc(Br)cc1OCCCC(C)(C)C. The Bertz CT molecular complexity index is 383. The van der Waals surface area contributed by atoms with E-state index in [1.54, 1.807) is 0 Å². The van der Waals surface area contributed by atoms with Crippen molar-refractivity contribution in [3.63, 3.8) is 0 Å². The quantitative estimate of drug-likeness (QED) is 0.801. The molecule has 0 fully saturated rings. The molecule has 0 bridgehead atoms. The van der Waals surface area contributed by atoms with Crippen molar-refractivity contribution in [3.05, 3.63) is 28.2 Å². The second-order valence-electron chi connectivity index (χ2n) is 5.98. The number of hydrogen-bond donors (Lipinski definition) is 1. The smallest absolute Gasteiger partial charge is 0.125 e. The summed E-state index contributed by atoms with van der Waals surface area (Å²) in [7, 11) is 0. The molecule has 0 aliphatic heterocycles. The maximum atomic E-state index is 5.94. The van der Waals surface area contributed by atoms with Crippen molar-refractivity contribution in [2.24, 2.45) is 11.1 Å². The van der Waals surface area contributed by atoms with Crippen LogP contribution in [0.2, 0.25) is 0 Å². The first-order valence-corrected chi connectivity index (χ1v) is 7.27. The summed E-state index contributed by atoms with van der Waals surface area (Å²) in [6.07, 6.45) is 2.23. The molecule has 0 aliphatic rings. The third-order valence-corrected chi connectivity index (χ3v) is 3.29. The van der Waals surface area contributed by atoms with Gasteiger partial charge in [-0.2, -0.15) is 0 Å². The Labute approximate surface area is 119 Å². The highest BCUT2D eigenvalue weighted by molar-refractivity contribution is 9.10. The Balaban J connectivity index is 2.58. The van der Waals surface area contributed by atoms with Gasteiger partial charge in [0.25, 0.3) is 0 Å². The predicted molar refractivity (Wildman–Crippen MR) is 80.9 cm³/mol. The molecule has 1 aromatic rings. The summed E-state index contributed by atoms with van der Waals surface area (Å²) < 4.78 is 6.89. The van der Waals surface area contributed by atoms with E-state index in [0.29, 0.717) is 5.41 Å². The van der Waals surface area contributed by atoms with E-state index >= 15 is 0 Å². The van der Waals surface area contributed by atoms with Crippen LogP contribution in [0.3, 0.4) is 0 Å². The lowest BCUT2D eigenvalue weighted by Gasteiger charge is -2.19.